The Kier molecular flexibility index (Phi) is 6.67. The van der Waals surface area contributed by atoms with E-state index in [2.05, 4.69) is 24.4 Å². The fourth-order valence-electron chi connectivity index (χ4n) is 1.18. The Morgan fingerprint density at radius 1 is 1.27 bits per heavy atom. The summed E-state index contributed by atoms with van der Waals surface area (Å²) in [5, 5.41) is 3.33. The van der Waals surface area contributed by atoms with Crippen LogP contribution in [0.15, 0.2) is 30.3 Å². The van der Waals surface area contributed by atoms with E-state index in [1.807, 2.05) is 18.2 Å². The molecule has 4 heteroatoms. The second-order valence-corrected chi connectivity index (χ2v) is 9.09. The first-order valence-corrected chi connectivity index (χ1v) is 10.2. The molecule has 1 nitrogen and oxygen atoms in total. The van der Waals surface area contributed by atoms with Crippen LogP contribution in [0.4, 0.5) is 0 Å². The topological polar surface area (TPSA) is 12.0 Å². The fraction of sp³-hybridized carbons (Fsp3) is 0.364. The summed E-state index contributed by atoms with van der Waals surface area (Å²) in [6.07, 6.45) is 1.95. The van der Waals surface area contributed by atoms with Crippen molar-refractivity contribution in [2.45, 2.75) is 19.8 Å². The molecule has 0 unspecified atom stereocenters. The van der Waals surface area contributed by atoms with Crippen LogP contribution in [0.5, 0.6) is 0 Å². The molecule has 0 radical (unpaired) electrons. The minimum absolute atomic E-state index is 0.854. The molecule has 1 aromatic carbocycles. The van der Waals surface area contributed by atoms with Crippen molar-refractivity contribution in [3.05, 3.63) is 35.9 Å². The molecule has 0 aliphatic heterocycles. The maximum absolute atomic E-state index is 6.04. The van der Waals surface area contributed by atoms with Gasteiger partial charge in [-0.15, -0.1) is 0 Å². The van der Waals surface area contributed by atoms with Crippen LogP contribution in [0.25, 0.3) is 0 Å². The Hall–Kier alpha value is 0.253. The number of hydrogen-bond donors (Lipinski definition) is 1. The van der Waals surface area contributed by atoms with E-state index in [1.165, 1.54) is 5.56 Å². The van der Waals surface area contributed by atoms with Crippen molar-refractivity contribution in [1.82, 2.24) is 5.32 Å². The van der Waals surface area contributed by atoms with E-state index >= 15 is 0 Å². The average molecular weight is 333 g/mol. The van der Waals surface area contributed by atoms with Crippen LogP contribution >= 0.6 is 19.4 Å². The third-order valence-corrected chi connectivity index (χ3v) is 5.24. The van der Waals surface area contributed by atoms with Crippen molar-refractivity contribution >= 4 is 23.6 Å². The predicted octanol–water partition coefficient (Wildman–Crippen LogP) is 3.28. The van der Waals surface area contributed by atoms with Crippen molar-refractivity contribution in [3.8, 4) is 0 Å². The number of halogens is 2. The van der Waals surface area contributed by atoms with Crippen LogP contribution in [-0.2, 0) is 19.9 Å². The van der Waals surface area contributed by atoms with Gasteiger partial charge in [0.15, 0.2) is 0 Å². The van der Waals surface area contributed by atoms with Gasteiger partial charge in [-0.1, -0.05) is 0 Å². The molecule has 0 bridgehead atoms. The first-order chi connectivity index (χ1) is 7.24. The van der Waals surface area contributed by atoms with Crippen LogP contribution in [0.3, 0.4) is 0 Å². The zero-order valence-corrected chi connectivity index (χ0v) is 11.9. The molecule has 0 saturated heterocycles. The third-order valence-electron chi connectivity index (χ3n) is 1.92. The maximum atomic E-state index is 6.04. The molecule has 0 amide bonds. The van der Waals surface area contributed by atoms with Crippen molar-refractivity contribution < 1.29 is 13.5 Å². The van der Waals surface area contributed by atoms with E-state index in [9.17, 15) is 0 Å². The van der Waals surface area contributed by atoms with E-state index in [4.69, 9.17) is 19.4 Å². The standard InChI is InChI=1S/C11H15N.2ClH.Ru/c1-2-9-12-10-8-11-6-4-3-5-7-11;;;/h3-7,12H,2,8-9H2,1H3;2*1H;/q;;;+2/p-2. The van der Waals surface area contributed by atoms with Gasteiger partial charge in [0.2, 0.25) is 0 Å². The summed E-state index contributed by atoms with van der Waals surface area (Å²) in [5.74, 6) is 0. The molecule has 0 heterocycles. The molecule has 1 N–H and O–H groups in total. The molecule has 0 aliphatic carbocycles. The van der Waals surface area contributed by atoms with Crippen LogP contribution in [0, 0.1) is 0 Å². The summed E-state index contributed by atoms with van der Waals surface area (Å²) >= 11 is -1.78. The van der Waals surface area contributed by atoms with E-state index in [1.54, 1.807) is 0 Å². The molecular weight excluding hydrogens is 318 g/mol. The average Bonchev–Trinajstić information content (AvgIpc) is 2.25. The van der Waals surface area contributed by atoms with Crippen molar-refractivity contribution in [2.75, 3.05) is 6.54 Å². The van der Waals surface area contributed by atoms with Crippen LogP contribution in [-0.4, -0.2) is 10.8 Å². The Balaban J connectivity index is 2.64. The van der Waals surface area contributed by atoms with Gasteiger partial charge in [-0.05, 0) is 0 Å². The fourth-order valence-corrected chi connectivity index (χ4v) is 3.34. The Morgan fingerprint density at radius 2 is 1.93 bits per heavy atom. The zero-order chi connectivity index (χ0) is 11.1. The molecule has 15 heavy (non-hydrogen) atoms. The quantitative estimate of drug-likeness (QED) is 0.816. The van der Waals surface area contributed by atoms with Gasteiger partial charge >= 0.3 is 105 Å². The minimum atomic E-state index is -1.78. The third kappa shape index (κ3) is 5.22. The summed E-state index contributed by atoms with van der Waals surface area (Å²) in [4.78, 5) is 0. The van der Waals surface area contributed by atoms with Gasteiger partial charge < -0.3 is 0 Å². The van der Waals surface area contributed by atoms with Gasteiger partial charge in [0.1, 0.15) is 0 Å². The number of hydrogen-bond acceptors (Lipinski definition) is 1. The van der Waals surface area contributed by atoms with Gasteiger partial charge in [0.05, 0.1) is 0 Å². The van der Waals surface area contributed by atoms with Crippen molar-refractivity contribution in [3.63, 3.8) is 0 Å². The molecule has 0 aromatic heterocycles. The number of benzene rings is 1. The Morgan fingerprint density at radius 3 is 2.47 bits per heavy atom. The first kappa shape index (κ1) is 13.3. The second kappa shape index (κ2) is 7.51. The summed E-state index contributed by atoms with van der Waals surface area (Å²) < 4.78 is 1.12. The van der Waals surface area contributed by atoms with E-state index in [0.29, 0.717) is 0 Å². The summed E-state index contributed by atoms with van der Waals surface area (Å²) in [6, 6.07) is 10.3. The number of nitrogens with one attached hydrogen (secondary N) is 1. The predicted molar refractivity (Wildman–Crippen MR) is 65.2 cm³/mol. The van der Waals surface area contributed by atoms with Gasteiger partial charge in [-0.2, -0.15) is 0 Å². The van der Waals surface area contributed by atoms with E-state index in [-0.39, 0.29) is 0 Å². The van der Waals surface area contributed by atoms with Crippen molar-refractivity contribution in [2.24, 2.45) is 0 Å². The normalized spacial score (nSPS) is 11.3. The van der Waals surface area contributed by atoms with Gasteiger partial charge in [0, 0.05) is 0 Å². The van der Waals surface area contributed by atoms with Crippen LogP contribution in [0.2, 0.25) is 0 Å². The first-order valence-electron chi connectivity index (χ1n) is 4.87. The SMILES string of the molecule is CCCN[C](Cc1ccccc1)=[Ru]([Cl])[Cl]. The molecule has 0 spiro atoms. The molecule has 0 atom stereocenters. The van der Waals surface area contributed by atoms with Crippen molar-refractivity contribution in [1.29, 1.82) is 0 Å². The van der Waals surface area contributed by atoms with Gasteiger partial charge in [-0.3, -0.25) is 0 Å². The van der Waals surface area contributed by atoms with Crippen LogP contribution in [0.1, 0.15) is 18.9 Å². The van der Waals surface area contributed by atoms with E-state index in [0.717, 1.165) is 23.6 Å². The second-order valence-electron chi connectivity index (χ2n) is 3.16. The molecule has 0 fully saturated rings. The molecule has 86 valence electrons. The van der Waals surface area contributed by atoms with Gasteiger partial charge in [-0.25, -0.2) is 0 Å². The summed E-state index contributed by atoms with van der Waals surface area (Å²) in [7, 11) is 12.1. The Labute approximate surface area is 104 Å². The molecule has 1 aromatic rings. The van der Waals surface area contributed by atoms with Gasteiger partial charge in [0.25, 0.3) is 0 Å². The Bertz CT molecular complexity index is 321. The van der Waals surface area contributed by atoms with E-state index < -0.39 is 13.5 Å². The molecule has 0 aliphatic rings. The molecular formula is C11H15Cl2NRu. The zero-order valence-electron chi connectivity index (χ0n) is 8.62. The number of rotatable bonds is 5. The summed E-state index contributed by atoms with van der Waals surface area (Å²) in [5.41, 5.74) is 1.26. The molecule has 1 rings (SSSR count). The monoisotopic (exact) mass is 333 g/mol. The molecule has 0 saturated carbocycles. The summed E-state index contributed by atoms with van der Waals surface area (Å²) in [6.45, 7) is 3.08. The van der Waals surface area contributed by atoms with Crippen LogP contribution < -0.4 is 5.32 Å².